The molecule has 1 heterocycles. The largest absolute Gasteiger partial charge is 0.497 e. The number of carbonyl (C=O) groups is 2. The molecule has 1 aromatic rings. The van der Waals surface area contributed by atoms with Crippen LogP contribution < -0.4 is 4.74 Å². The van der Waals surface area contributed by atoms with Crippen LogP contribution in [0.25, 0.3) is 0 Å². The Morgan fingerprint density at radius 3 is 2.89 bits per heavy atom. The molecule has 0 bridgehead atoms. The van der Waals surface area contributed by atoms with E-state index in [1.165, 1.54) is 4.90 Å². The third-order valence-corrected chi connectivity index (χ3v) is 2.99. The molecule has 1 aromatic carbocycles. The molecule has 0 saturated heterocycles. The minimum absolute atomic E-state index is 0.164. The number of rotatable bonds is 4. The highest BCUT2D eigenvalue weighted by atomic mass is 16.5. The molecule has 0 saturated carbocycles. The minimum Gasteiger partial charge on any atom is -0.497 e. The van der Waals surface area contributed by atoms with Crippen LogP contribution in [-0.2, 0) is 11.2 Å². The lowest BCUT2D eigenvalue weighted by Crippen LogP contribution is -2.42. The van der Waals surface area contributed by atoms with E-state index in [1.807, 2.05) is 0 Å². The Morgan fingerprint density at radius 2 is 2.22 bits per heavy atom. The van der Waals surface area contributed by atoms with E-state index in [4.69, 9.17) is 4.74 Å². The number of hydrogen-bond acceptors (Lipinski definition) is 3. The SMILES string of the molecule is C=CCCN1C(=O)Cc2cc(OC)ccc2C1=O. The van der Waals surface area contributed by atoms with Crippen molar-refractivity contribution in [1.82, 2.24) is 4.90 Å². The number of carbonyl (C=O) groups excluding carboxylic acids is 2. The number of amides is 2. The summed E-state index contributed by atoms with van der Waals surface area (Å²) in [6, 6.07) is 5.19. The fraction of sp³-hybridized carbons (Fsp3) is 0.286. The van der Waals surface area contributed by atoms with Crippen LogP contribution in [-0.4, -0.2) is 30.4 Å². The van der Waals surface area contributed by atoms with E-state index in [0.29, 0.717) is 24.3 Å². The molecule has 0 aliphatic carbocycles. The maximum Gasteiger partial charge on any atom is 0.260 e. The lowest BCUT2D eigenvalue weighted by Gasteiger charge is -2.26. The van der Waals surface area contributed by atoms with Gasteiger partial charge in [-0.2, -0.15) is 0 Å². The average Bonchev–Trinajstić information content (AvgIpc) is 2.38. The molecular weight excluding hydrogens is 230 g/mol. The van der Waals surface area contributed by atoms with Gasteiger partial charge in [0.1, 0.15) is 5.75 Å². The van der Waals surface area contributed by atoms with Crippen molar-refractivity contribution in [2.75, 3.05) is 13.7 Å². The highest BCUT2D eigenvalue weighted by molar-refractivity contribution is 6.09. The van der Waals surface area contributed by atoms with Crippen molar-refractivity contribution in [3.8, 4) is 5.75 Å². The lowest BCUT2D eigenvalue weighted by molar-refractivity contribution is -0.128. The monoisotopic (exact) mass is 245 g/mol. The van der Waals surface area contributed by atoms with E-state index in [1.54, 1.807) is 31.4 Å². The third-order valence-electron chi connectivity index (χ3n) is 2.99. The van der Waals surface area contributed by atoms with Gasteiger partial charge >= 0.3 is 0 Å². The number of ether oxygens (including phenoxy) is 1. The summed E-state index contributed by atoms with van der Waals surface area (Å²) in [5.41, 5.74) is 1.32. The zero-order chi connectivity index (χ0) is 13.1. The fourth-order valence-corrected chi connectivity index (χ4v) is 2.02. The summed E-state index contributed by atoms with van der Waals surface area (Å²) in [5, 5.41) is 0. The molecule has 4 heteroatoms. The summed E-state index contributed by atoms with van der Waals surface area (Å²) in [7, 11) is 1.56. The van der Waals surface area contributed by atoms with Gasteiger partial charge in [0, 0.05) is 12.1 Å². The van der Waals surface area contributed by atoms with E-state index in [9.17, 15) is 9.59 Å². The van der Waals surface area contributed by atoms with Crippen molar-refractivity contribution >= 4 is 11.8 Å². The first-order chi connectivity index (χ1) is 8.67. The molecule has 0 atom stereocenters. The summed E-state index contributed by atoms with van der Waals surface area (Å²) in [4.78, 5) is 25.4. The second-order valence-corrected chi connectivity index (χ2v) is 4.13. The van der Waals surface area contributed by atoms with Crippen LogP contribution in [0.3, 0.4) is 0 Å². The predicted molar refractivity (Wildman–Crippen MR) is 67.6 cm³/mol. The zero-order valence-electron chi connectivity index (χ0n) is 10.3. The van der Waals surface area contributed by atoms with Crippen LogP contribution in [0.1, 0.15) is 22.3 Å². The molecule has 4 nitrogen and oxygen atoms in total. The van der Waals surface area contributed by atoms with Crippen molar-refractivity contribution in [2.45, 2.75) is 12.8 Å². The standard InChI is InChI=1S/C14H15NO3/c1-3-4-7-15-13(16)9-10-8-11(18-2)5-6-12(10)14(15)17/h3,5-6,8H,1,4,7,9H2,2H3. The second kappa shape index (κ2) is 5.04. The van der Waals surface area contributed by atoms with Gasteiger partial charge in [0.25, 0.3) is 5.91 Å². The number of imide groups is 1. The molecule has 2 rings (SSSR count). The van der Waals surface area contributed by atoms with Crippen LogP contribution in [0.2, 0.25) is 0 Å². The fourth-order valence-electron chi connectivity index (χ4n) is 2.02. The van der Waals surface area contributed by atoms with Crippen LogP contribution in [0.4, 0.5) is 0 Å². The number of hydrogen-bond donors (Lipinski definition) is 0. The summed E-state index contributed by atoms with van der Waals surface area (Å²) in [6.07, 6.45) is 2.56. The Hall–Kier alpha value is -2.10. The highest BCUT2D eigenvalue weighted by Gasteiger charge is 2.30. The van der Waals surface area contributed by atoms with E-state index in [-0.39, 0.29) is 18.2 Å². The van der Waals surface area contributed by atoms with Gasteiger partial charge in [-0.1, -0.05) is 6.08 Å². The molecule has 0 spiro atoms. The van der Waals surface area contributed by atoms with Gasteiger partial charge in [-0.15, -0.1) is 6.58 Å². The molecule has 0 radical (unpaired) electrons. The van der Waals surface area contributed by atoms with Crippen LogP contribution >= 0.6 is 0 Å². The van der Waals surface area contributed by atoms with Gasteiger partial charge in [-0.25, -0.2) is 0 Å². The molecule has 94 valence electrons. The topological polar surface area (TPSA) is 46.6 Å². The van der Waals surface area contributed by atoms with Crippen molar-refractivity contribution in [3.05, 3.63) is 42.0 Å². The normalized spacial score (nSPS) is 14.4. The smallest absolute Gasteiger partial charge is 0.260 e. The third kappa shape index (κ3) is 2.14. The summed E-state index contributed by atoms with van der Waals surface area (Å²) in [6.45, 7) is 3.99. The first-order valence-corrected chi connectivity index (χ1v) is 5.80. The summed E-state index contributed by atoms with van der Waals surface area (Å²) in [5.74, 6) is 0.266. The summed E-state index contributed by atoms with van der Waals surface area (Å²) < 4.78 is 5.09. The maximum absolute atomic E-state index is 12.2. The highest BCUT2D eigenvalue weighted by Crippen LogP contribution is 2.24. The second-order valence-electron chi connectivity index (χ2n) is 4.13. The zero-order valence-corrected chi connectivity index (χ0v) is 10.3. The molecule has 1 aliphatic heterocycles. The molecule has 0 fully saturated rings. The van der Waals surface area contributed by atoms with Crippen LogP contribution in [0.15, 0.2) is 30.9 Å². The van der Waals surface area contributed by atoms with E-state index in [2.05, 4.69) is 6.58 Å². The van der Waals surface area contributed by atoms with Crippen LogP contribution in [0.5, 0.6) is 5.75 Å². The van der Waals surface area contributed by atoms with E-state index < -0.39 is 0 Å². The molecule has 2 amide bonds. The van der Waals surface area contributed by atoms with Crippen molar-refractivity contribution < 1.29 is 14.3 Å². The van der Waals surface area contributed by atoms with Crippen LogP contribution in [0, 0.1) is 0 Å². The van der Waals surface area contributed by atoms with E-state index >= 15 is 0 Å². The molecule has 1 aliphatic rings. The predicted octanol–water partition coefficient (Wildman–Crippen LogP) is 1.80. The van der Waals surface area contributed by atoms with Gasteiger partial charge in [0.05, 0.1) is 13.5 Å². The van der Waals surface area contributed by atoms with Crippen molar-refractivity contribution in [3.63, 3.8) is 0 Å². The van der Waals surface area contributed by atoms with Gasteiger partial charge in [-0.3, -0.25) is 14.5 Å². The average molecular weight is 245 g/mol. The number of fused-ring (bicyclic) bond motifs is 1. The summed E-state index contributed by atoms with van der Waals surface area (Å²) >= 11 is 0. The van der Waals surface area contributed by atoms with Crippen molar-refractivity contribution in [1.29, 1.82) is 0 Å². The van der Waals surface area contributed by atoms with Crippen molar-refractivity contribution in [2.24, 2.45) is 0 Å². The Bertz CT molecular complexity index is 508. The molecule has 0 unspecified atom stereocenters. The van der Waals surface area contributed by atoms with Gasteiger partial charge in [-0.05, 0) is 30.2 Å². The minimum atomic E-state index is -0.231. The first kappa shape index (κ1) is 12.4. The van der Waals surface area contributed by atoms with Gasteiger partial charge in [0.2, 0.25) is 5.91 Å². The number of nitrogens with zero attached hydrogens (tertiary/aromatic N) is 1. The molecular formula is C14H15NO3. The number of benzene rings is 1. The maximum atomic E-state index is 12.2. The first-order valence-electron chi connectivity index (χ1n) is 5.80. The Kier molecular flexibility index (Phi) is 3.46. The van der Waals surface area contributed by atoms with Gasteiger partial charge in [0.15, 0.2) is 0 Å². The van der Waals surface area contributed by atoms with E-state index in [0.717, 1.165) is 5.56 Å². The molecule has 0 N–H and O–H groups in total. The Morgan fingerprint density at radius 1 is 1.44 bits per heavy atom. The quantitative estimate of drug-likeness (QED) is 0.600. The molecule has 0 aromatic heterocycles. The number of methoxy groups -OCH3 is 1. The lowest BCUT2D eigenvalue weighted by atomic mass is 9.98. The Labute approximate surface area is 106 Å². The molecule has 18 heavy (non-hydrogen) atoms. The van der Waals surface area contributed by atoms with Gasteiger partial charge < -0.3 is 4.74 Å². The Balaban J connectivity index is 2.32.